The summed E-state index contributed by atoms with van der Waals surface area (Å²) in [6, 6.07) is 7.06. The zero-order valence-electron chi connectivity index (χ0n) is 14.2. The molecule has 0 fully saturated rings. The first kappa shape index (κ1) is 17.5. The molecule has 0 radical (unpaired) electrons. The highest BCUT2D eigenvalue weighted by Gasteiger charge is 2.34. The van der Waals surface area contributed by atoms with Crippen molar-refractivity contribution in [2.24, 2.45) is 0 Å². The molecule has 1 heterocycles. The number of hydrogen-bond donors (Lipinski definition) is 3. The van der Waals surface area contributed by atoms with E-state index in [-0.39, 0.29) is 40.9 Å². The van der Waals surface area contributed by atoms with Gasteiger partial charge in [0.25, 0.3) is 5.69 Å². The van der Waals surface area contributed by atoms with Crippen LogP contribution in [0.15, 0.2) is 39.9 Å². The van der Waals surface area contributed by atoms with Crippen molar-refractivity contribution in [2.75, 3.05) is 0 Å². The number of fused-ring (bicyclic) bond motifs is 3. The summed E-state index contributed by atoms with van der Waals surface area (Å²) in [5.74, 6) is -0.994. The number of carbonyl (C=O) groups is 1. The van der Waals surface area contributed by atoms with E-state index in [9.17, 15) is 29.6 Å². The van der Waals surface area contributed by atoms with E-state index in [1.165, 1.54) is 18.2 Å². The van der Waals surface area contributed by atoms with Crippen LogP contribution in [0.25, 0.3) is 11.0 Å². The molecule has 0 amide bonds. The number of aromatic amines is 2. The molecule has 3 N–H and O–H groups in total. The summed E-state index contributed by atoms with van der Waals surface area (Å²) < 4.78 is 5.41. The van der Waals surface area contributed by atoms with Gasteiger partial charge in [0.2, 0.25) is 0 Å². The van der Waals surface area contributed by atoms with E-state index < -0.39 is 28.1 Å². The number of nitrogens with one attached hydrogen (secondary N) is 2. The van der Waals surface area contributed by atoms with Gasteiger partial charge in [0.05, 0.1) is 16.0 Å². The number of carbonyl (C=O) groups excluding carboxylic acids is 1. The molecule has 142 valence electrons. The minimum Gasteiger partial charge on any atom is -0.507 e. The van der Waals surface area contributed by atoms with Gasteiger partial charge in [0.15, 0.2) is 0 Å². The fraction of sp³-hybridized carbons (Fsp3) is 0.167. The molecule has 1 unspecified atom stereocenters. The van der Waals surface area contributed by atoms with Crippen LogP contribution in [0.5, 0.6) is 5.75 Å². The lowest BCUT2D eigenvalue weighted by atomic mass is 10.1. The van der Waals surface area contributed by atoms with Crippen molar-refractivity contribution in [1.82, 2.24) is 9.97 Å². The molecule has 1 atom stereocenters. The Morgan fingerprint density at radius 3 is 2.54 bits per heavy atom. The molecule has 1 aliphatic carbocycles. The summed E-state index contributed by atoms with van der Waals surface area (Å²) in [7, 11) is 0. The highest BCUT2D eigenvalue weighted by molar-refractivity contribution is 5.92. The predicted octanol–water partition coefficient (Wildman–Crippen LogP) is 1.15. The van der Waals surface area contributed by atoms with E-state index in [0.717, 1.165) is 0 Å². The molecule has 4 rings (SSSR count). The molecular weight excluding hydrogens is 370 g/mol. The lowest BCUT2D eigenvalue weighted by Crippen LogP contribution is -2.29. The number of aromatic nitrogens is 2. The van der Waals surface area contributed by atoms with E-state index in [1.807, 2.05) is 0 Å². The normalized spacial score (nSPS) is 15.4. The zero-order valence-corrected chi connectivity index (χ0v) is 14.2. The lowest BCUT2D eigenvalue weighted by Gasteiger charge is -2.12. The van der Waals surface area contributed by atoms with Crippen LogP contribution in [0.3, 0.4) is 0 Å². The SMILES string of the molecule is O=C(OC1Cc2c([N+](=O)[O-])cc3[nH]c(=O)c(=O)[nH]c3c2C1)c1ccccc1O. The molecule has 0 bridgehead atoms. The number of phenolic OH excluding ortho intramolecular Hbond substituents is 1. The molecule has 3 aromatic rings. The number of para-hydroxylation sites is 1. The number of benzene rings is 2. The van der Waals surface area contributed by atoms with Crippen LogP contribution in [0.2, 0.25) is 0 Å². The smallest absolute Gasteiger partial charge is 0.342 e. The highest BCUT2D eigenvalue weighted by Crippen LogP contribution is 2.36. The first-order valence-corrected chi connectivity index (χ1v) is 8.29. The van der Waals surface area contributed by atoms with Gasteiger partial charge in [-0.15, -0.1) is 0 Å². The van der Waals surface area contributed by atoms with Gasteiger partial charge in [-0.25, -0.2) is 4.79 Å². The van der Waals surface area contributed by atoms with Crippen LogP contribution in [0, 0.1) is 10.1 Å². The molecule has 1 aromatic heterocycles. The predicted molar refractivity (Wildman–Crippen MR) is 96.6 cm³/mol. The van der Waals surface area contributed by atoms with E-state index >= 15 is 0 Å². The maximum absolute atomic E-state index is 12.3. The van der Waals surface area contributed by atoms with Gasteiger partial charge in [0.1, 0.15) is 17.4 Å². The fourth-order valence-corrected chi connectivity index (χ4v) is 3.44. The summed E-state index contributed by atoms with van der Waals surface area (Å²) in [5, 5.41) is 21.2. The summed E-state index contributed by atoms with van der Waals surface area (Å²) in [5.41, 5.74) is -0.876. The third-order valence-electron chi connectivity index (χ3n) is 4.68. The molecule has 0 saturated carbocycles. The van der Waals surface area contributed by atoms with Gasteiger partial charge in [0, 0.05) is 24.5 Å². The van der Waals surface area contributed by atoms with Crippen LogP contribution in [0.1, 0.15) is 21.5 Å². The van der Waals surface area contributed by atoms with Crippen molar-refractivity contribution >= 4 is 22.7 Å². The Morgan fingerprint density at radius 2 is 1.82 bits per heavy atom. The zero-order chi connectivity index (χ0) is 20.0. The molecule has 0 aliphatic heterocycles. The largest absolute Gasteiger partial charge is 0.507 e. The lowest BCUT2D eigenvalue weighted by molar-refractivity contribution is -0.385. The van der Waals surface area contributed by atoms with E-state index in [1.54, 1.807) is 12.1 Å². The Bertz CT molecular complexity index is 1260. The molecule has 0 spiro atoms. The van der Waals surface area contributed by atoms with Crippen molar-refractivity contribution in [3.05, 3.63) is 77.8 Å². The number of esters is 1. The second-order valence-electron chi connectivity index (χ2n) is 6.39. The van der Waals surface area contributed by atoms with Crippen LogP contribution in [-0.2, 0) is 17.6 Å². The molecule has 0 saturated heterocycles. The summed E-state index contributed by atoms with van der Waals surface area (Å²) in [4.78, 5) is 51.2. The molecule has 28 heavy (non-hydrogen) atoms. The summed E-state index contributed by atoms with van der Waals surface area (Å²) >= 11 is 0. The number of hydrogen-bond acceptors (Lipinski definition) is 7. The first-order valence-electron chi connectivity index (χ1n) is 8.29. The maximum Gasteiger partial charge on any atom is 0.342 e. The van der Waals surface area contributed by atoms with Crippen molar-refractivity contribution in [2.45, 2.75) is 18.9 Å². The summed E-state index contributed by atoms with van der Waals surface area (Å²) in [6.45, 7) is 0. The van der Waals surface area contributed by atoms with Crippen molar-refractivity contribution in [3.8, 4) is 5.75 Å². The molecule has 1 aliphatic rings. The van der Waals surface area contributed by atoms with Crippen molar-refractivity contribution in [1.29, 1.82) is 0 Å². The Balaban J connectivity index is 1.74. The van der Waals surface area contributed by atoms with Gasteiger partial charge < -0.3 is 19.8 Å². The van der Waals surface area contributed by atoms with Crippen LogP contribution < -0.4 is 11.1 Å². The first-order chi connectivity index (χ1) is 13.3. The third-order valence-corrected chi connectivity index (χ3v) is 4.68. The average Bonchev–Trinajstić information content (AvgIpc) is 3.06. The number of phenols is 1. The van der Waals surface area contributed by atoms with Crippen LogP contribution in [0.4, 0.5) is 5.69 Å². The Morgan fingerprint density at radius 1 is 1.14 bits per heavy atom. The van der Waals surface area contributed by atoms with Gasteiger partial charge >= 0.3 is 17.1 Å². The van der Waals surface area contributed by atoms with E-state index in [0.29, 0.717) is 11.1 Å². The molecule has 10 nitrogen and oxygen atoms in total. The number of H-pyrrole nitrogens is 2. The standard InChI is InChI=1S/C18H13N3O7/c22-14-4-2-1-3-9(14)18(25)28-8-5-10-11(6-8)15-12(7-13(10)21(26)27)19-16(23)17(24)20-15/h1-4,7-8,22H,5-6H2,(H,19,23)(H,20,24). The van der Waals surface area contributed by atoms with Gasteiger partial charge in [-0.05, 0) is 17.7 Å². The number of nitrogens with zero attached hydrogens (tertiary/aromatic N) is 1. The quantitative estimate of drug-likeness (QED) is 0.265. The van der Waals surface area contributed by atoms with E-state index in [4.69, 9.17) is 4.74 Å². The summed E-state index contributed by atoms with van der Waals surface area (Å²) in [6.07, 6.45) is -0.529. The minimum absolute atomic E-state index is 0.0180. The Labute approximate surface area is 155 Å². The monoisotopic (exact) mass is 383 g/mol. The number of ether oxygens (including phenoxy) is 1. The third kappa shape index (κ3) is 2.80. The maximum atomic E-state index is 12.3. The number of rotatable bonds is 3. The Kier molecular flexibility index (Phi) is 3.95. The fourth-order valence-electron chi connectivity index (χ4n) is 3.44. The second-order valence-corrected chi connectivity index (χ2v) is 6.39. The highest BCUT2D eigenvalue weighted by atomic mass is 16.6. The van der Waals surface area contributed by atoms with Gasteiger partial charge in [-0.3, -0.25) is 19.7 Å². The van der Waals surface area contributed by atoms with Crippen molar-refractivity contribution < 1.29 is 19.6 Å². The molecular formula is C18H13N3O7. The minimum atomic E-state index is -0.915. The van der Waals surface area contributed by atoms with Crippen molar-refractivity contribution in [3.63, 3.8) is 0 Å². The molecule has 10 heteroatoms. The van der Waals surface area contributed by atoms with Crippen LogP contribution in [-0.4, -0.2) is 32.1 Å². The van der Waals surface area contributed by atoms with Gasteiger partial charge in [-0.2, -0.15) is 0 Å². The molecule has 2 aromatic carbocycles. The second kappa shape index (κ2) is 6.34. The average molecular weight is 383 g/mol. The number of nitro groups is 1. The Hall–Kier alpha value is -3.95. The number of aromatic hydroxyl groups is 1. The van der Waals surface area contributed by atoms with E-state index in [2.05, 4.69) is 9.97 Å². The van der Waals surface area contributed by atoms with Crippen LogP contribution >= 0.6 is 0 Å². The number of nitro benzene ring substituents is 1. The topological polar surface area (TPSA) is 155 Å². The van der Waals surface area contributed by atoms with Gasteiger partial charge in [-0.1, -0.05) is 12.1 Å².